The second kappa shape index (κ2) is 5.66. The average Bonchev–Trinajstić information content (AvgIpc) is 3.07. The van der Waals surface area contributed by atoms with E-state index in [1.807, 2.05) is 25.1 Å². The van der Waals surface area contributed by atoms with Gasteiger partial charge in [0, 0.05) is 40.5 Å². The van der Waals surface area contributed by atoms with Gasteiger partial charge in [-0.2, -0.15) is 0 Å². The monoisotopic (exact) mass is 346 g/mol. The number of aryl methyl sites for hydroxylation is 2. The lowest BCUT2D eigenvalue weighted by Gasteiger charge is -2.39. The highest BCUT2D eigenvalue weighted by Gasteiger charge is 2.29. The van der Waals surface area contributed by atoms with Gasteiger partial charge in [0.1, 0.15) is 0 Å². The first-order valence-electron chi connectivity index (χ1n) is 9.40. The van der Waals surface area contributed by atoms with Crippen LogP contribution in [0.4, 0.5) is 5.95 Å². The highest BCUT2D eigenvalue weighted by molar-refractivity contribution is 5.87. The number of H-pyrrole nitrogens is 1. The lowest BCUT2D eigenvalue weighted by atomic mass is 10.0. The maximum absolute atomic E-state index is 12.2. The Morgan fingerprint density at radius 2 is 2.08 bits per heavy atom. The fraction of sp³-hybridized carbons (Fsp3) is 0.381. The first-order valence-corrected chi connectivity index (χ1v) is 9.40. The third-order valence-corrected chi connectivity index (χ3v) is 5.75. The van der Waals surface area contributed by atoms with Crippen molar-refractivity contribution in [2.75, 3.05) is 11.4 Å². The number of nitrogens with zero attached hydrogens (tertiary/aromatic N) is 3. The van der Waals surface area contributed by atoms with Gasteiger partial charge in [0.05, 0.1) is 5.69 Å². The second-order valence-electron chi connectivity index (χ2n) is 7.57. The number of aromatic amines is 1. The van der Waals surface area contributed by atoms with Crippen molar-refractivity contribution < 1.29 is 0 Å². The molecule has 1 aliphatic carbocycles. The lowest BCUT2D eigenvalue weighted by molar-refractivity contribution is 0.470. The van der Waals surface area contributed by atoms with Crippen molar-refractivity contribution in [3.8, 4) is 11.3 Å². The van der Waals surface area contributed by atoms with Crippen LogP contribution >= 0.6 is 0 Å². The van der Waals surface area contributed by atoms with Crippen molar-refractivity contribution in [2.45, 2.75) is 45.6 Å². The summed E-state index contributed by atoms with van der Waals surface area (Å²) in [5.41, 5.74) is 5.45. The molecule has 0 amide bonds. The molecule has 26 heavy (non-hydrogen) atoms. The van der Waals surface area contributed by atoms with Crippen molar-refractivity contribution in [3.63, 3.8) is 0 Å². The first-order chi connectivity index (χ1) is 12.6. The molecule has 2 aromatic heterocycles. The van der Waals surface area contributed by atoms with Crippen molar-refractivity contribution in [1.82, 2.24) is 15.0 Å². The molecule has 0 saturated carbocycles. The number of nitrogens with one attached hydrogen (secondary N) is 1. The first kappa shape index (κ1) is 15.6. The molecule has 132 valence electrons. The number of hydrogen-bond acceptors (Lipinski definition) is 4. The summed E-state index contributed by atoms with van der Waals surface area (Å²) < 4.78 is 0. The number of rotatable bonds is 2. The number of benzene rings is 1. The van der Waals surface area contributed by atoms with Crippen molar-refractivity contribution in [3.05, 3.63) is 51.6 Å². The third-order valence-electron chi connectivity index (χ3n) is 5.75. The molecule has 1 aromatic carbocycles. The van der Waals surface area contributed by atoms with E-state index in [9.17, 15) is 4.79 Å². The highest BCUT2D eigenvalue weighted by Crippen LogP contribution is 2.34. The zero-order valence-corrected chi connectivity index (χ0v) is 15.2. The minimum Gasteiger partial charge on any atom is -0.338 e. The highest BCUT2D eigenvalue weighted by atomic mass is 16.1. The quantitative estimate of drug-likeness (QED) is 0.773. The number of pyridine rings is 1. The SMILES string of the molecule is Cc1cc2cc(-c3nc(N4CC[C@@H]4C)nc4c3CCC4)ccc2c(=O)[nH]1. The molecule has 3 heterocycles. The fourth-order valence-corrected chi connectivity index (χ4v) is 4.15. The van der Waals surface area contributed by atoms with E-state index in [-0.39, 0.29) is 5.56 Å². The normalized spacial score (nSPS) is 18.8. The Morgan fingerprint density at radius 3 is 2.85 bits per heavy atom. The predicted molar refractivity (Wildman–Crippen MR) is 104 cm³/mol. The van der Waals surface area contributed by atoms with E-state index in [1.54, 1.807) is 0 Å². The van der Waals surface area contributed by atoms with Crippen LogP contribution < -0.4 is 10.5 Å². The number of fused-ring (bicyclic) bond motifs is 2. The molecule has 1 fully saturated rings. The average molecular weight is 346 g/mol. The van der Waals surface area contributed by atoms with Gasteiger partial charge in [-0.15, -0.1) is 0 Å². The van der Waals surface area contributed by atoms with E-state index in [0.29, 0.717) is 6.04 Å². The minimum absolute atomic E-state index is 0.0328. The molecular formula is C21H22N4O. The van der Waals surface area contributed by atoms with Crippen molar-refractivity contribution >= 4 is 16.7 Å². The van der Waals surface area contributed by atoms with Crippen LogP contribution in [0.3, 0.4) is 0 Å². The summed E-state index contributed by atoms with van der Waals surface area (Å²) in [7, 11) is 0. The Balaban J connectivity index is 1.70. The predicted octanol–water partition coefficient (Wildman–Crippen LogP) is 3.38. The molecule has 0 spiro atoms. The Labute approximate surface area is 152 Å². The van der Waals surface area contributed by atoms with E-state index in [0.717, 1.165) is 59.5 Å². The molecule has 0 radical (unpaired) electrons. The van der Waals surface area contributed by atoms with Crippen LogP contribution in [0, 0.1) is 6.92 Å². The topological polar surface area (TPSA) is 61.9 Å². The van der Waals surface area contributed by atoms with Crippen LogP contribution in [0.5, 0.6) is 0 Å². The van der Waals surface area contributed by atoms with Gasteiger partial charge in [0.25, 0.3) is 5.56 Å². The van der Waals surface area contributed by atoms with Gasteiger partial charge in [-0.3, -0.25) is 4.79 Å². The van der Waals surface area contributed by atoms with Gasteiger partial charge in [-0.05, 0) is 63.1 Å². The molecule has 2 aliphatic rings. The van der Waals surface area contributed by atoms with Gasteiger partial charge < -0.3 is 9.88 Å². The molecule has 1 atom stereocenters. The number of hydrogen-bond donors (Lipinski definition) is 1. The minimum atomic E-state index is -0.0328. The summed E-state index contributed by atoms with van der Waals surface area (Å²) in [6.07, 6.45) is 4.41. The Hall–Kier alpha value is -2.69. The van der Waals surface area contributed by atoms with Crippen molar-refractivity contribution in [2.24, 2.45) is 0 Å². The fourth-order valence-electron chi connectivity index (χ4n) is 4.15. The van der Waals surface area contributed by atoms with E-state index in [4.69, 9.17) is 9.97 Å². The lowest BCUT2D eigenvalue weighted by Crippen LogP contribution is -2.46. The standard InChI is InChI=1S/C21H22N4O/c1-12-10-15-11-14(6-7-16(15)20(26)22-12)19-17-4-3-5-18(17)23-21(24-19)25-9-8-13(25)2/h6-7,10-11,13H,3-5,8-9H2,1-2H3,(H,22,26)/t13-/m0/s1. The molecule has 3 aromatic rings. The molecule has 5 nitrogen and oxygen atoms in total. The summed E-state index contributed by atoms with van der Waals surface area (Å²) in [5.74, 6) is 0.863. The molecule has 1 N–H and O–H groups in total. The van der Waals surface area contributed by atoms with Gasteiger partial charge in [0.15, 0.2) is 0 Å². The molecule has 5 rings (SSSR count). The van der Waals surface area contributed by atoms with Crippen molar-refractivity contribution in [1.29, 1.82) is 0 Å². The third kappa shape index (κ3) is 2.34. The molecule has 0 unspecified atom stereocenters. The number of anilines is 1. The Morgan fingerprint density at radius 1 is 1.19 bits per heavy atom. The van der Waals surface area contributed by atoms with E-state index < -0.39 is 0 Å². The van der Waals surface area contributed by atoms with Crippen LogP contribution in [0.1, 0.15) is 36.7 Å². The van der Waals surface area contributed by atoms with Gasteiger partial charge >= 0.3 is 0 Å². The Kier molecular flexibility index (Phi) is 3.39. The van der Waals surface area contributed by atoms with E-state index >= 15 is 0 Å². The smallest absolute Gasteiger partial charge is 0.256 e. The molecule has 5 heteroatoms. The van der Waals surface area contributed by atoms with Crippen LogP contribution in [-0.2, 0) is 12.8 Å². The second-order valence-corrected chi connectivity index (χ2v) is 7.57. The summed E-state index contributed by atoms with van der Waals surface area (Å²) in [6.45, 7) is 5.18. The van der Waals surface area contributed by atoms with Crippen LogP contribution in [0.2, 0.25) is 0 Å². The zero-order chi connectivity index (χ0) is 17.8. The molecule has 1 aliphatic heterocycles. The van der Waals surface area contributed by atoms with Gasteiger partial charge in [-0.25, -0.2) is 9.97 Å². The van der Waals surface area contributed by atoms with Crippen LogP contribution in [0.25, 0.3) is 22.0 Å². The maximum atomic E-state index is 12.2. The molecule has 0 bridgehead atoms. The van der Waals surface area contributed by atoms with Crippen LogP contribution in [-0.4, -0.2) is 27.5 Å². The van der Waals surface area contributed by atoms with Gasteiger partial charge in [-0.1, -0.05) is 6.07 Å². The van der Waals surface area contributed by atoms with E-state index in [1.165, 1.54) is 17.7 Å². The zero-order valence-electron chi connectivity index (χ0n) is 15.2. The summed E-state index contributed by atoms with van der Waals surface area (Å²) in [4.78, 5) is 27.2. The number of aromatic nitrogens is 3. The molecular weight excluding hydrogens is 324 g/mol. The summed E-state index contributed by atoms with van der Waals surface area (Å²) >= 11 is 0. The van der Waals surface area contributed by atoms with E-state index in [2.05, 4.69) is 22.9 Å². The van der Waals surface area contributed by atoms with Crippen LogP contribution in [0.15, 0.2) is 29.1 Å². The largest absolute Gasteiger partial charge is 0.338 e. The summed E-state index contributed by atoms with van der Waals surface area (Å²) in [5, 5.41) is 1.69. The van der Waals surface area contributed by atoms with Gasteiger partial charge in [0.2, 0.25) is 5.95 Å². The Bertz CT molecular complexity index is 1090. The maximum Gasteiger partial charge on any atom is 0.256 e. The summed E-state index contributed by atoms with van der Waals surface area (Å²) in [6, 6.07) is 8.58. The molecule has 1 saturated heterocycles.